The predicted molar refractivity (Wildman–Crippen MR) is 83.9 cm³/mol. The third kappa shape index (κ3) is 2.41. The first kappa shape index (κ1) is 15.0. The van der Waals surface area contributed by atoms with E-state index in [0.29, 0.717) is 22.5 Å². The van der Waals surface area contributed by atoms with Gasteiger partial charge in [0.2, 0.25) is 0 Å². The Morgan fingerprint density at radius 2 is 2.38 bits per heavy atom. The highest BCUT2D eigenvalue weighted by atomic mass is 35.5. The van der Waals surface area contributed by atoms with Crippen molar-refractivity contribution in [3.05, 3.63) is 32.9 Å². The number of halogens is 1. The van der Waals surface area contributed by atoms with E-state index in [1.807, 2.05) is 11.9 Å². The molecule has 3 rings (SSSR count). The minimum Gasteiger partial charge on any atom is -0.467 e. The monoisotopic (exact) mass is 327 g/mol. The molecule has 114 valence electrons. The summed E-state index contributed by atoms with van der Waals surface area (Å²) in [6.07, 6.45) is 4.46. The van der Waals surface area contributed by atoms with Crippen molar-refractivity contribution in [1.29, 1.82) is 0 Å². The van der Waals surface area contributed by atoms with Crippen molar-refractivity contribution in [1.82, 2.24) is 4.90 Å². The molecule has 1 aliphatic carbocycles. The first-order valence-corrected chi connectivity index (χ1v) is 8.27. The molecule has 0 aromatic carbocycles. The topological polar surface area (TPSA) is 49.8 Å². The molecule has 0 saturated heterocycles. The van der Waals surface area contributed by atoms with E-state index >= 15 is 0 Å². The molecule has 4 nitrogen and oxygen atoms in total. The van der Waals surface area contributed by atoms with Crippen LogP contribution < -0.4 is 0 Å². The molecule has 0 amide bonds. The smallest absolute Gasteiger partial charge is 0.340 e. The first-order valence-electron chi connectivity index (χ1n) is 7.02. The number of carbonyl (C=O) groups excluding carboxylic acids is 1. The van der Waals surface area contributed by atoms with Gasteiger partial charge in [-0.3, -0.25) is 0 Å². The van der Waals surface area contributed by atoms with Crippen molar-refractivity contribution in [3.63, 3.8) is 0 Å². The fourth-order valence-electron chi connectivity index (χ4n) is 3.14. The van der Waals surface area contributed by atoms with Gasteiger partial charge < -0.3 is 14.7 Å². The number of likely N-dealkylation sites (N-methyl/N-ethyl adjacent to an activating group) is 1. The summed E-state index contributed by atoms with van der Waals surface area (Å²) in [5.41, 5.74) is 3.07. The van der Waals surface area contributed by atoms with Crippen LogP contribution >= 0.6 is 23.4 Å². The third-order valence-electron chi connectivity index (χ3n) is 4.18. The van der Waals surface area contributed by atoms with Crippen molar-refractivity contribution in [2.75, 3.05) is 20.7 Å². The molecule has 0 radical (unpaired) electrons. The predicted octanol–water partition coefficient (Wildman–Crippen LogP) is 2.40. The highest BCUT2D eigenvalue weighted by Gasteiger charge is 2.39. The van der Waals surface area contributed by atoms with Crippen LogP contribution in [0.3, 0.4) is 0 Å². The van der Waals surface area contributed by atoms with Crippen LogP contribution in [0.2, 0.25) is 0 Å². The number of methoxy groups -OCH3 is 1. The van der Waals surface area contributed by atoms with Gasteiger partial charge in [-0.05, 0) is 30.4 Å². The molecule has 0 aromatic heterocycles. The largest absolute Gasteiger partial charge is 0.467 e. The molecule has 3 aliphatic rings. The highest BCUT2D eigenvalue weighted by molar-refractivity contribution is 8.04. The molecule has 0 saturated carbocycles. The standard InChI is InChI=1S/C15H18ClNO3S/c1-17-7-9-8-5-3-4-6-10(8)21-14(9)11(16)12(17)13(18)15(19)20-2/h5,10,13,18H,3-4,6-7H2,1-2H3. The van der Waals surface area contributed by atoms with E-state index in [9.17, 15) is 9.90 Å². The van der Waals surface area contributed by atoms with Gasteiger partial charge in [0.1, 0.15) is 0 Å². The molecule has 2 atom stereocenters. The Hall–Kier alpha value is -0.910. The van der Waals surface area contributed by atoms with Gasteiger partial charge in [-0.15, -0.1) is 11.8 Å². The number of aliphatic hydroxyl groups is 1. The normalized spacial score (nSPS) is 26.4. The number of ether oxygens (including phenoxy) is 1. The molecular weight excluding hydrogens is 310 g/mol. The fraction of sp³-hybridized carbons (Fsp3) is 0.533. The molecule has 0 aromatic rings. The Morgan fingerprint density at radius 3 is 3.10 bits per heavy atom. The average molecular weight is 328 g/mol. The summed E-state index contributed by atoms with van der Waals surface area (Å²) in [6, 6.07) is 0. The van der Waals surface area contributed by atoms with E-state index in [1.54, 1.807) is 11.8 Å². The van der Waals surface area contributed by atoms with E-state index in [-0.39, 0.29) is 0 Å². The lowest BCUT2D eigenvalue weighted by molar-refractivity contribution is -0.149. The van der Waals surface area contributed by atoms with Gasteiger partial charge in [-0.1, -0.05) is 17.7 Å². The maximum Gasteiger partial charge on any atom is 0.340 e. The lowest BCUT2D eigenvalue weighted by atomic mass is 9.91. The summed E-state index contributed by atoms with van der Waals surface area (Å²) in [7, 11) is 3.10. The lowest BCUT2D eigenvalue weighted by Gasteiger charge is -2.31. The van der Waals surface area contributed by atoms with E-state index in [4.69, 9.17) is 11.6 Å². The van der Waals surface area contributed by atoms with Crippen molar-refractivity contribution < 1.29 is 14.6 Å². The number of thioether (sulfide) groups is 1. The van der Waals surface area contributed by atoms with Crippen molar-refractivity contribution in [2.45, 2.75) is 30.6 Å². The second-order valence-electron chi connectivity index (χ2n) is 5.49. The number of hydrogen-bond acceptors (Lipinski definition) is 5. The zero-order valence-corrected chi connectivity index (χ0v) is 13.6. The molecule has 2 heterocycles. The van der Waals surface area contributed by atoms with Gasteiger partial charge in [-0.25, -0.2) is 4.79 Å². The summed E-state index contributed by atoms with van der Waals surface area (Å²) >= 11 is 8.26. The maximum atomic E-state index is 11.6. The average Bonchev–Trinajstić information content (AvgIpc) is 2.85. The molecule has 0 fully saturated rings. The van der Waals surface area contributed by atoms with Crippen LogP contribution in [0.4, 0.5) is 0 Å². The van der Waals surface area contributed by atoms with Gasteiger partial charge in [0.15, 0.2) is 6.10 Å². The maximum absolute atomic E-state index is 11.6. The van der Waals surface area contributed by atoms with Crippen LogP contribution in [0, 0.1) is 0 Å². The Kier molecular flexibility index (Phi) is 4.08. The molecule has 2 unspecified atom stereocenters. The number of carbonyl (C=O) groups is 1. The minimum absolute atomic E-state index is 0.439. The van der Waals surface area contributed by atoms with Gasteiger partial charge in [0, 0.05) is 23.7 Å². The van der Waals surface area contributed by atoms with Crippen LogP contribution in [0.5, 0.6) is 0 Å². The quantitative estimate of drug-likeness (QED) is 0.789. The molecule has 6 heteroatoms. The first-order chi connectivity index (χ1) is 10.0. The zero-order chi connectivity index (χ0) is 15.1. The summed E-state index contributed by atoms with van der Waals surface area (Å²) in [5, 5.41) is 11.1. The van der Waals surface area contributed by atoms with Crippen LogP contribution in [0.25, 0.3) is 0 Å². The minimum atomic E-state index is -1.33. The van der Waals surface area contributed by atoms with Crippen molar-refractivity contribution in [3.8, 4) is 0 Å². The van der Waals surface area contributed by atoms with Gasteiger partial charge >= 0.3 is 5.97 Å². The van der Waals surface area contributed by atoms with E-state index in [2.05, 4.69) is 10.8 Å². The van der Waals surface area contributed by atoms with Gasteiger partial charge in [-0.2, -0.15) is 0 Å². The molecule has 1 N–H and O–H groups in total. The second-order valence-corrected chi connectivity index (χ2v) is 7.08. The lowest BCUT2D eigenvalue weighted by Crippen LogP contribution is -2.37. The Labute approximate surface area is 133 Å². The van der Waals surface area contributed by atoms with Crippen LogP contribution in [-0.4, -0.2) is 48.0 Å². The van der Waals surface area contributed by atoms with E-state index < -0.39 is 12.1 Å². The third-order valence-corrected chi connectivity index (χ3v) is 6.13. The zero-order valence-electron chi connectivity index (χ0n) is 12.1. The number of rotatable bonds is 2. The number of nitrogens with zero attached hydrogens (tertiary/aromatic N) is 1. The number of allylic oxidation sites excluding steroid dienone is 2. The fourth-order valence-corrected chi connectivity index (χ4v) is 5.10. The van der Waals surface area contributed by atoms with Crippen LogP contribution in [-0.2, 0) is 9.53 Å². The van der Waals surface area contributed by atoms with Crippen molar-refractivity contribution in [2.24, 2.45) is 0 Å². The van der Waals surface area contributed by atoms with Crippen LogP contribution in [0.15, 0.2) is 32.9 Å². The highest BCUT2D eigenvalue weighted by Crippen LogP contribution is 2.52. The summed E-state index contributed by atoms with van der Waals surface area (Å²) in [5.74, 6) is -0.682. The molecule has 2 aliphatic heterocycles. The number of aliphatic hydroxyl groups excluding tert-OH is 1. The summed E-state index contributed by atoms with van der Waals surface area (Å²) in [4.78, 5) is 14.5. The number of fused-ring (bicyclic) bond motifs is 2. The van der Waals surface area contributed by atoms with Crippen molar-refractivity contribution >= 4 is 29.3 Å². The molecule has 0 bridgehead atoms. The Bertz CT molecular complexity index is 581. The van der Waals surface area contributed by atoms with Crippen LogP contribution in [0.1, 0.15) is 19.3 Å². The SMILES string of the molecule is COC(=O)C(O)C1=C(Cl)C2=C(CN1C)C1=CCCCC1S2. The Balaban J connectivity index is 2.00. The summed E-state index contributed by atoms with van der Waals surface area (Å²) in [6.45, 7) is 0.671. The van der Waals surface area contributed by atoms with E-state index in [1.165, 1.54) is 24.7 Å². The van der Waals surface area contributed by atoms with E-state index in [0.717, 1.165) is 17.7 Å². The van der Waals surface area contributed by atoms with Gasteiger partial charge in [0.05, 0.1) is 17.8 Å². The number of hydrogen-bond donors (Lipinski definition) is 1. The number of esters is 1. The van der Waals surface area contributed by atoms with Gasteiger partial charge in [0.25, 0.3) is 0 Å². The molecule has 21 heavy (non-hydrogen) atoms. The second kappa shape index (κ2) is 5.71. The molecular formula is C15H18ClNO3S. The Morgan fingerprint density at radius 1 is 1.62 bits per heavy atom. The summed E-state index contributed by atoms with van der Waals surface area (Å²) < 4.78 is 4.63. The molecule has 0 spiro atoms.